The molecule has 178 valence electrons. The molecule has 0 spiro atoms. The monoisotopic (exact) mass is 474 g/mol. The number of amides is 1. The minimum atomic E-state index is -4.38. The highest BCUT2D eigenvalue weighted by molar-refractivity contribution is 5.88. The lowest BCUT2D eigenvalue weighted by Crippen LogP contribution is -2.27. The van der Waals surface area contributed by atoms with Crippen LogP contribution in [0, 0.1) is 23.2 Å². The lowest BCUT2D eigenvalue weighted by Gasteiger charge is -2.20. The first-order chi connectivity index (χ1) is 16.2. The molecule has 4 heterocycles. The van der Waals surface area contributed by atoms with E-state index < -0.39 is 30.3 Å². The predicted octanol–water partition coefficient (Wildman–Crippen LogP) is 2.90. The Morgan fingerprint density at radius 3 is 2.82 bits per heavy atom. The van der Waals surface area contributed by atoms with Gasteiger partial charge in [0.1, 0.15) is 11.7 Å². The third-order valence-corrected chi connectivity index (χ3v) is 5.57. The van der Waals surface area contributed by atoms with E-state index in [2.05, 4.69) is 31.9 Å². The second-order valence-corrected chi connectivity index (χ2v) is 8.02. The number of rotatable bonds is 7. The van der Waals surface area contributed by atoms with Crippen LogP contribution in [-0.4, -0.2) is 61.4 Å². The van der Waals surface area contributed by atoms with Gasteiger partial charge in [0, 0.05) is 44.9 Å². The number of alkyl halides is 3. The van der Waals surface area contributed by atoms with Crippen LogP contribution in [0.3, 0.4) is 0 Å². The Bertz CT molecular complexity index is 1260. The zero-order valence-corrected chi connectivity index (χ0v) is 18.1. The van der Waals surface area contributed by atoms with Gasteiger partial charge in [0.05, 0.1) is 29.4 Å². The number of aromatic amines is 1. The van der Waals surface area contributed by atoms with E-state index in [0.29, 0.717) is 16.7 Å². The van der Waals surface area contributed by atoms with Crippen molar-refractivity contribution in [1.29, 1.82) is 5.26 Å². The van der Waals surface area contributed by atoms with Crippen LogP contribution in [0.4, 0.5) is 24.8 Å². The largest absolute Gasteiger partial charge is 0.477 e. The standard InChI is InChI=1S/C21H21F3N8O2/c1-3-16(33)32-8-12(4-21(22,23)24)14(9-32)11-34-19-17-13(5-25)6-26-18(17)29-20(30-19)28-15-7-27-31(2)10-15/h3,6-7,10,12,14H,1,4,8-9,11H2,2H3,(H2,26,28,29,30)/t12-,14?/m1/s1. The zero-order chi connectivity index (χ0) is 24.5. The molecular formula is C21H21F3N8O2. The summed E-state index contributed by atoms with van der Waals surface area (Å²) in [5.74, 6) is -1.65. The van der Waals surface area contributed by atoms with Crippen molar-refractivity contribution in [2.24, 2.45) is 18.9 Å². The Labute approximate surface area is 192 Å². The van der Waals surface area contributed by atoms with Gasteiger partial charge in [-0.2, -0.15) is 33.5 Å². The highest BCUT2D eigenvalue weighted by atomic mass is 19.4. The summed E-state index contributed by atoms with van der Waals surface area (Å²) in [4.78, 5) is 24.9. The van der Waals surface area contributed by atoms with Crippen LogP contribution in [-0.2, 0) is 11.8 Å². The smallest absolute Gasteiger partial charge is 0.389 e. The molecule has 4 rings (SSSR count). The number of nitrogens with one attached hydrogen (secondary N) is 2. The molecule has 2 atom stereocenters. The highest BCUT2D eigenvalue weighted by Gasteiger charge is 2.42. The van der Waals surface area contributed by atoms with Gasteiger partial charge >= 0.3 is 6.18 Å². The number of ether oxygens (including phenoxy) is 1. The van der Waals surface area contributed by atoms with E-state index >= 15 is 0 Å². The number of likely N-dealkylation sites (tertiary alicyclic amines) is 1. The van der Waals surface area contributed by atoms with Crippen molar-refractivity contribution in [3.8, 4) is 11.9 Å². The summed E-state index contributed by atoms with van der Waals surface area (Å²) in [6.45, 7) is 3.33. The Hall–Kier alpha value is -4.08. The third kappa shape index (κ3) is 4.95. The molecule has 3 aromatic heterocycles. The van der Waals surface area contributed by atoms with Gasteiger partial charge in [-0.1, -0.05) is 6.58 Å². The number of halogens is 3. The summed E-state index contributed by atoms with van der Waals surface area (Å²) in [6, 6.07) is 2.02. The normalized spacial score (nSPS) is 18.1. The lowest BCUT2D eigenvalue weighted by molar-refractivity contribution is -0.147. The SMILES string of the molecule is C=CC(=O)N1CC(COc2nc(Nc3cnn(C)c3)nc3[nH]cc(C#N)c23)[C@H](CC(F)(F)F)C1. The van der Waals surface area contributed by atoms with Crippen LogP contribution in [0.25, 0.3) is 11.0 Å². The van der Waals surface area contributed by atoms with Gasteiger partial charge in [0.15, 0.2) is 0 Å². The average molecular weight is 474 g/mol. The fraction of sp³-hybridized carbons (Fsp3) is 0.381. The Morgan fingerprint density at radius 2 is 2.18 bits per heavy atom. The molecule has 34 heavy (non-hydrogen) atoms. The van der Waals surface area contributed by atoms with E-state index in [0.717, 1.165) is 6.08 Å². The molecule has 0 saturated carbocycles. The van der Waals surface area contributed by atoms with Crippen molar-refractivity contribution in [2.45, 2.75) is 12.6 Å². The molecule has 3 aromatic rings. The number of fused-ring (bicyclic) bond motifs is 1. The summed E-state index contributed by atoms with van der Waals surface area (Å²) in [7, 11) is 1.74. The summed E-state index contributed by atoms with van der Waals surface area (Å²) < 4.78 is 46.9. The molecule has 1 unspecified atom stereocenters. The number of aromatic nitrogens is 5. The van der Waals surface area contributed by atoms with Crippen molar-refractivity contribution >= 4 is 28.6 Å². The van der Waals surface area contributed by atoms with Crippen LogP contribution in [0.5, 0.6) is 5.88 Å². The zero-order valence-electron chi connectivity index (χ0n) is 18.1. The Kier molecular flexibility index (Phi) is 6.14. The topological polar surface area (TPSA) is 125 Å². The molecule has 13 heteroatoms. The number of anilines is 2. The van der Waals surface area contributed by atoms with Crippen molar-refractivity contribution < 1.29 is 22.7 Å². The second-order valence-electron chi connectivity index (χ2n) is 8.02. The molecule has 1 saturated heterocycles. The molecule has 1 aliphatic heterocycles. The summed E-state index contributed by atoms with van der Waals surface area (Å²) in [5, 5.41) is 16.8. The molecule has 0 aliphatic carbocycles. The second kappa shape index (κ2) is 9.05. The first-order valence-electron chi connectivity index (χ1n) is 10.3. The van der Waals surface area contributed by atoms with Gasteiger partial charge < -0.3 is 19.9 Å². The molecule has 1 amide bonds. The third-order valence-electron chi connectivity index (χ3n) is 5.57. The number of H-pyrrole nitrogens is 1. The summed E-state index contributed by atoms with van der Waals surface area (Å²) in [6.07, 6.45) is 0.379. The van der Waals surface area contributed by atoms with Crippen molar-refractivity contribution in [3.63, 3.8) is 0 Å². The first-order valence-corrected chi connectivity index (χ1v) is 10.3. The van der Waals surface area contributed by atoms with Crippen LogP contribution >= 0.6 is 0 Å². The fourth-order valence-corrected chi connectivity index (χ4v) is 4.01. The average Bonchev–Trinajstić information content (AvgIpc) is 3.49. The van der Waals surface area contributed by atoms with E-state index in [1.165, 1.54) is 11.1 Å². The molecule has 2 N–H and O–H groups in total. The summed E-state index contributed by atoms with van der Waals surface area (Å²) >= 11 is 0. The highest BCUT2D eigenvalue weighted by Crippen LogP contribution is 2.35. The number of aryl methyl sites for hydroxylation is 1. The quantitative estimate of drug-likeness (QED) is 0.505. The summed E-state index contributed by atoms with van der Waals surface area (Å²) in [5.41, 5.74) is 1.17. The number of carbonyl (C=O) groups excluding carboxylic acids is 1. The maximum atomic E-state index is 13.1. The molecule has 0 radical (unpaired) electrons. The molecule has 1 aliphatic rings. The van der Waals surface area contributed by atoms with E-state index in [4.69, 9.17) is 4.74 Å². The van der Waals surface area contributed by atoms with Gasteiger partial charge in [-0.15, -0.1) is 0 Å². The number of hydrogen-bond acceptors (Lipinski definition) is 7. The van der Waals surface area contributed by atoms with Gasteiger partial charge in [0.25, 0.3) is 0 Å². The molecule has 10 nitrogen and oxygen atoms in total. The lowest BCUT2D eigenvalue weighted by atomic mass is 9.93. The number of hydrogen-bond donors (Lipinski definition) is 2. The van der Waals surface area contributed by atoms with E-state index in [1.54, 1.807) is 24.1 Å². The maximum absolute atomic E-state index is 13.1. The molecular weight excluding hydrogens is 453 g/mol. The van der Waals surface area contributed by atoms with Crippen LogP contribution in [0.1, 0.15) is 12.0 Å². The molecule has 0 aromatic carbocycles. The van der Waals surface area contributed by atoms with Gasteiger partial charge in [-0.25, -0.2) is 0 Å². The minimum Gasteiger partial charge on any atom is -0.477 e. The number of carbonyl (C=O) groups is 1. The number of nitriles is 1. The van der Waals surface area contributed by atoms with Crippen molar-refractivity contribution in [1.82, 2.24) is 29.6 Å². The molecule has 0 bridgehead atoms. The molecule has 1 fully saturated rings. The predicted molar refractivity (Wildman–Crippen MR) is 115 cm³/mol. The minimum absolute atomic E-state index is 0.0427. The Balaban J connectivity index is 1.60. The van der Waals surface area contributed by atoms with Gasteiger partial charge in [0.2, 0.25) is 17.7 Å². The van der Waals surface area contributed by atoms with Gasteiger partial charge in [-0.3, -0.25) is 9.48 Å². The van der Waals surface area contributed by atoms with E-state index in [9.17, 15) is 23.2 Å². The van der Waals surface area contributed by atoms with E-state index in [1.807, 2.05) is 6.07 Å². The van der Waals surface area contributed by atoms with Crippen LogP contribution in [0.15, 0.2) is 31.2 Å². The first kappa shape index (κ1) is 23.1. The number of nitrogens with zero attached hydrogens (tertiary/aromatic N) is 6. The van der Waals surface area contributed by atoms with Crippen molar-refractivity contribution in [3.05, 3.63) is 36.8 Å². The maximum Gasteiger partial charge on any atom is 0.389 e. The van der Waals surface area contributed by atoms with Crippen molar-refractivity contribution in [2.75, 3.05) is 25.0 Å². The fourth-order valence-electron chi connectivity index (χ4n) is 4.01. The van der Waals surface area contributed by atoms with Crippen LogP contribution < -0.4 is 10.1 Å². The van der Waals surface area contributed by atoms with Gasteiger partial charge in [-0.05, 0) is 12.0 Å². The van der Waals surface area contributed by atoms with E-state index in [-0.39, 0.29) is 37.1 Å². The van der Waals surface area contributed by atoms with Crippen LogP contribution in [0.2, 0.25) is 0 Å². The Morgan fingerprint density at radius 1 is 1.41 bits per heavy atom.